The molecule has 0 bridgehead atoms. The molecule has 1 unspecified atom stereocenters. The van der Waals surface area contributed by atoms with Crippen LogP contribution in [0.1, 0.15) is 12.8 Å². The van der Waals surface area contributed by atoms with Crippen molar-refractivity contribution >= 4 is 5.91 Å². The molecule has 2 saturated heterocycles. The third-order valence-corrected chi connectivity index (χ3v) is 2.69. The van der Waals surface area contributed by atoms with E-state index in [-0.39, 0.29) is 11.4 Å². The SMILES string of the molecule is O=C1CC2(CCNC2)NCCN1. The van der Waals surface area contributed by atoms with Crippen molar-refractivity contribution in [3.63, 3.8) is 0 Å². The van der Waals surface area contributed by atoms with Gasteiger partial charge in [-0.25, -0.2) is 0 Å². The summed E-state index contributed by atoms with van der Waals surface area (Å²) in [6, 6.07) is 0. The molecule has 68 valence electrons. The van der Waals surface area contributed by atoms with Crippen LogP contribution in [0.3, 0.4) is 0 Å². The predicted octanol–water partition coefficient (Wildman–Crippen LogP) is -1.17. The Hall–Kier alpha value is -0.610. The van der Waals surface area contributed by atoms with Gasteiger partial charge in [0, 0.05) is 31.6 Å². The molecule has 4 heteroatoms. The molecule has 0 aromatic heterocycles. The van der Waals surface area contributed by atoms with Crippen molar-refractivity contribution in [1.82, 2.24) is 16.0 Å². The van der Waals surface area contributed by atoms with E-state index in [1.165, 1.54) is 0 Å². The van der Waals surface area contributed by atoms with Crippen molar-refractivity contribution in [2.45, 2.75) is 18.4 Å². The second-order valence-electron chi connectivity index (χ2n) is 3.66. The molecule has 2 fully saturated rings. The fraction of sp³-hybridized carbons (Fsp3) is 0.875. The molecule has 0 radical (unpaired) electrons. The van der Waals surface area contributed by atoms with Crippen LogP contribution in [0.4, 0.5) is 0 Å². The first-order chi connectivity index (χ1) is 5.81. The van der Waals surface area contributed by atoms with Gasteiger partial charge in [0.2, 0.25) is 5.91 Å². The summed E-state index contributed by atoms with van der Waals surface area (Å²) in [5.41, 5.74) is 0.0561. The number of nitrogens with one attached hydrogen (secondary N) is 3. The minimum absolute atomic E-state index is 0.0561. The average molecular weight is 169 g/mol. The van der Waals surface area contributed by atoms with Crippen LogP contribution in [0, 0.1) is 0 Å². The zero-order valence-electron chi connectivity index (χ0n) is 7.15. The van der Waals surface area contributed by atoms with Gasteiger partial charge in [0.1, 0.15) is 0 Å². The van der Waals surface area contributed by atoms with Gasteiger partial charge in [-0.15, -0.1) is 0 Å². The van der Waals surface area contributed by atoms with Gasteiger partial charge in [-0.05, 0) is 13.0 Å². The summed E-state index contributed by atoms with van der Waals surface area (Å²) >= 11 is 0. The lowest BCUT2D eigenvalue weighted by Gasteiger charge is -2.26. The summed E-state index contributed by atoms with van der Waals surface area (Å²) in [4.78, 5) is 11.3. The van der Waals surface area contributed by atoms with E-state index in [1.807, 2.05) is 0 Å². The predicted molar refractivity (Wildman–Crippen MR) is 45.8 cm³/mol. The number of hydrogen-bond donors (Lipinski definition) is 3. The van der Waals surface area contributed by atoms with Gasteiger partial charge in [0.05, 0.1) is 0 Å². The topological polar surface area (TPSA) is 53.2 Å². The van der Waals surface area contributed by atoms with E-state index in [1.54, 1.807) is 0 Å². The first kappa shape index (κ1) is 8.01. The zero-order chi connectivity index (χ0) is 8.44. The summed E-state index contributed by atoms with van der Waals surface area (Å²) in [5, 5.41) is 9.60. The van der Waals surface area contributed by atoms with Gasteiger partial charge >= 0.3 is 0 Å². The molecule has 12 heavy (non-hydrogen) atoms. The summed E-state index contributed by atoms with van der Waals surface area (Å²) in [5.74, 6) is 0.184. The maximum Gasteiger partial charge on any atom is 0.221 e. The largest absolute Gasteiger partial charge is 0.355 e. The van der Waals surface area contributed by atoms with E-state index >= 15 is 0 Å². The van der Waals surface area contributed by atoms with E-state index in [9.17, 15) is 4.79 Å². The van der Waals surface area contributed by atoms with E-state index in [0.29, 0.717) is 6.42 Å². The normalized spacial score (nSPS) is 36.5. The molecule has 0 saturated carbocycles. The van der Waals surface area contributed by atoms with Crippen LogP contribution in [-0.4, -0.2) is 37.6 Å². The van der Waals surface area contributed by atoms with Crippen molar-refractivity contribution in [1.29, 1.82) is 0 Å². The molecule has 1 spiro atoms. The van der Waals surface area contributed by atoms with Gasteiger partial charge < -0.3 is 16.0 Å². The van der Waals surface area contributed by atoms with Crippen molar-refractivity contribution in [3.8, 4) is 0 Å². The second-order valence-corrected chi connectivity index (χ2v) is 3.66. The van der Waals surface area contributed by atoms with Gasteiger partial charge in [-0.3, -0.25) is 4.79 Å². The minimum Gasteiger partial charge on any atom is -0.355 e. The van der Waals surface area contributed by atoms with Crippen LogP contribution in [0.5, 0.6) is 0 Å². The lowest BCUT2D eigenvalue weighted by molar-refractivity contribution is -0.121. The Morgan fingerprint density at radius 2 is 2.17 bits per heavy atom. The van der Waals surface area contributed by atoms with Crippen LogP contribution in [0.15, 0.2) is 0 Å². The van der Waals surface area contributed by atoms with Crippen LogP contribution in [-0.2, 0) is 4.79 Å². The summed E-state index contributed by atoms with van der Waals surface area (Å²) in [7, 11) is 0. The second kappa shape index (κ2) is 3.03. The van der Waals surface area contributed by atoms with Crippen LogP contribution in [0.25, 0.3) is 0 Å². The Morgan fingerprint density at radius 3 is 2.92 bits per heavy atom. The summed E-state index contributed by atoms with van der Waals surface area (Å²) in [6.07, 6.45) is 1.69. The van der Waals surface area contributed by atoms with Crippen molar-refractivity contribution in [2.24, 2.45) is 0 Å². The maximum atomic E-state index is 11.3. The smallest absolute Gasteiger partial charge is 0.221 e. The molecule has 2 rings (SSSR count). The van der Waals surface area contributed by atoms with Crippen LogP contribution in [0.2, 0.25) is 0 Å². The highest BCUT2D eigenvalue weighted by molar-refractivity contribution is 5.77. The number of carbonyl (C=O) groups excluding carboxylic acids is 1. The van der Waals surface area contributed by atoms with Crippen molar-refractivity contribution in [2.75, 3.05) is 26.2 Å². The van der Waals surface area contributed by atoms with E-state index in [4.69, 9.17) is 0 Å². The molecular weight excluding hydrogens is 154 g/mol. The Balaban J connectivity index is 2.07. The van der Waals surface area contributed by atoms with E-state index in [2.05, 4.69) is 16.0 Å². The molecule has 0 aromatic carbocycles. The molecule has 1 amide bonds. The molecule has 2 aliphatic rings. The highest BCUT2D eigenvalue weighted by atomic mass is 16.1. The fourth-order valence-electron chi connectivity index (χ4n) is 2.01. The quantitative estimate of drug-likeness (QED) is 0.428. The molecule has 0 aromatic rings. The zero-order valence-corrected chi connectivity index (χ0v) is 7.15. The Morgan fingerprint density at radius 1 is 1.25 bits per heavy atom. The van der Waals surface area contributed by atoms with Gasteiger partial charge in [0.25, 0.3) is 0 Å². The Bertz CT molecular complexity index is 187. The monoisotopic (exact) mass is 169 g/mol. The number of amides is 1. The molecule has 4 nitrogen and oxygen atoms in total. The number of carbonyl (C=O) groups is 1. The van der Waals surface area contributed by atoms with Crippen molar-refractivity contribution < 1.29 is 4.79 Å². The minimum atomic E-state index is 0.0561. The third kappa shape index (κ3) is 1.44. The van der Waals surface area contributed by atoms with Crippen LogP contribution < -0.4 is 16.0 Å². The standard InChI is InChI=1S/C8H15N3O/c12-7-5-8(1-2-9-6-8)11-4-3-10-7/h9,11H,1-6H2,(H,10,12). The lowest BCUT2D eigenvalue weighted by Crippen LogP contribution is -2.47. The highest BCUT2D eigenvalue weighted by Crippen LogP contribution is 2.19. The molecule has 1 atom stereocenters. The van der Waals surface area contributed by atoms with E-state index in [0.717, 1.165) is 32.6 Å². The number of hydrogen-bond acceptors (Lipinski definition) is 3. The highest BCUT2D eigenvalue weighted by Gasteiger charge is 2.36. The average Bonchev–Trinajstić information content (AvgIpc) is 2.39. The molecular formula is C8H15N3O. The van der Waals surface area contributed by atoms with Gasteiger partial charge in [-0.2, -0.15) is 0 Å². The molecule has 2 aliphatic heterocycles. The third-order valence-electron chi connectivity index (χ3n) is 2.69. The van der Waals surface area contributed by atoms with Crippen LogP contribution >= 0.6 is 0 Å². The Kier molecular flexibility index (Phi) is 2.02. The summed E-state index contributed by atoms with van der Waals surface area (Å²) in [6.45, 7) is 3.62. The molecule has 0 aliphatic carbocycles. The lowest BCUT2D eigenvalue weighted by atomic mass is 9.94. The van der Waals surface area contributed by atoms with Gasteiger partial charge in [-0.1, -0.05) is 0 Å². The first-order valence-corrected chi connectivity index (χ1v) is 4.53. The molecule has 2 heterocycles. The first-order valence-electron chi connectivity index (χ1n) is 4.53. The summed E-state index contributed by atoms with van der Waals surface area (Å²) < 4.78 is 0. The molecule has 3 N–H and O–H groups in total. The number of rotatable bonds is 0. The fourth-order valence-corrected chi connectivity index (χ4v) is 2.01. The van der Waals surface area contributed by atoms with Gasteiger partial charge in [0.15, 0.2) is 0 Å². The maximum absolute atomic E-state index is 11.3. The Labute approximate surface area is 72.1 Å². The van der Waals surface area contributed by atoms with E-state index < -0.39 is 0 Å². The van der Waals surface area contributed by atoms with Crippen molar-refractivity contribution in [3.05, 3.63) is 0 Å².